The van der Waals surface area contributed by atoms with Crippen molar-refractivity contribution in [1.29, 1.82) is 0 Å². The van der Waals surface area contributed by atoms with Crippen molar-refractivity contribution < 1.29 is 14.7 Å². The van der Waals surface area contributed by atoms with E-state index in [2.05, 4.69) is 4.98 Å². The Balaban J connectivity index is 2.43. The third-order valence-corrected chi connectivity index (χ3v) is 3.23. The zero-order valence-electron chi connectivity index (χ0n) is 10.4. The molecule has 0 aliphatic carbocycles. The van der Waals surface area contributed by atoms with Gasteiger partial charge in [-0.1, -0.05) is 6.07 Å². The predicted molar refractivity (Wildman–Crippen MR) is 64.7 cm³/mol. The highest BCUT2D eigenvalue weighted by molar-refractivity contribution is 5.87. The molecule has 1 aromatic heterocycles. The molecule has 5 nitrogen and oxygen atoms in total. The zero-order chi connectivity index (χ0) is 13.3. The number of nitrogens with zero attached hydrogens (tertiary/aromatic N) is 2. The first-order valence-electron chi connectivity index (χ1n) is 5.97. The van der Waals surface area contributed by atoms with Crippen molar-refractivity contribution in [3.8, 4) is 0 Å². The Morgan fingerprint density at radius 2 is 2.22 bits per heavy atom. The van der Waals surface area contributed by atoms with Crippen molar-refractivity contribution in [2.45, 2.75) is 32.4 Å². The van der Waals surface area contributed by atoms with Crippen molar-refractivity contribution in [2.75, 3.05) is 0 Å². The molecule has 2 heterocycles. The number of rotatable bonds is 3. The summed E-state index contributed by atoms with van der Waals surface area (Å²) in [7, 11) is 0. The van der Waals surface area contributed by atoms with Gasteiger partial charge < -0.3 is 10.0 Å². The summed E-state index contributed by atoms with van der Waals surface area (Å²) in [6, 6.07) is 4.86. The summed E-state index contributed by atoms with van der Waals surface area (Å²) in [6.07, 6.45) is 1.67. The fraction of sp³-hybridized carbons (Fsp3) is 0.462. The summed E-state index contributed by atoms with van der Waals surface area (Å²) >= 11 is 0. The van der Waals surface area contributed by atoms with E-state index in [1.165, 1.54) is 0 Å². The number of pyridine rings is 1. The molecule has 1 amide bonds. The average molecular weight is 248 g/mol. The first-order valence-corrected chi connectivity index (χ1v) is 5.97. The van der Waals surface area contributed by atoms with Crippen LogP contribution in [0.1, 0.15) is 32.0 Å². The number of amides is 1. The van der Waals surface area contributed by atoms with Crippen LogP contribution in [0.15, 0.2) is 24.4 Å². The van der Waals surface area contributed by atoms with E-state index in [4.69, 9.17) is 0 Å². The van der Waals surface area contributed by atoms with Crippen LogP contribution >= 0.6 is 0 Å². The van der Waals surface area contributed by atoms with E-state index in [0.717, 1.165) is 0 Å². The third-order valence-electron chi connectivity index (χ3n) is 3.23. The maximum absolute atomic E-state index is 11.9. The van der Waals surface area contributed by atoms with Gasteiger partial charge in [0.1, 0.15) is 0 Å². The highest BCUT2D eigenvalue weighted by Crippen LogP contribution is 2.38. The third kappa shape index (κ3) is 2.08. The Morgan fingerprint density at radius 3 is 2.72 bits per heavy atom. The Bertz CT molecular complexity index is 459. The van der Waals surface area contributed by atoms with Crippen LogP contribution in [0.5, 0.6) is 0 Å². The van der Waals surface area contributed by atoms with Gasteiger partial charge in [-0.05, 0) is 26.0 Å². The Morgan fingerprint density at radius 1 is 1.50 bits per heavy atom. The molecule has 18 heavy (non-hydrogen) atoms. The van der Waals surface area contributed by atoms with Gasteiger partial charge in [0.2, 0.25) is 5.91 Å². The van der Waals surface area contributed by atoms with Crippen molar-refractivity contribution in [1.82, 2.24) is 9.88 Å². The summed E-state index contributed by atoms with van der Waals surface area (Å²) in [5, 5.41) is 9.26. The maximum atomic E-state index is 11.9. The molecule has 96 valence electrons. The second kappa shape index (κ2) is 4.76. The van der Waals surface area contributed by atoms with Gasteiger partial charge in [-0.15, -0.1) is 0 Å². The maximum Gasteiger partial charge on any atom is 0.309 e. The van der Waals surface area contributed by atoms with Gasteiger partial charge in [-0.25, -0.2) is 0 Å². The predicted octanol–water partition coefficient (Wildman–Crippen LogP) is 1.46. The number of carboxylic acids is 1. The van der Waals surface area contributed by atoms with E-state index in [1.54, 1.807) is 23.2 Å². The lowest BCUT2D eigenvalue weighted by atomic mass is 9.97. The molecule has 5 heteroatoms. The molecular weight excluding hydrogens is 232 g/mol. The van der Waals surface area contributed by atoms with E-state index in [0.29, 0.717) is 5.69 Å². The van der Waals surface area contributed by atoms with Crippen molar-refractivity contribution in [2.24, 2.45) is 5.92 Å². The number of aromatic nitrogens is 1. The van der Waals surface area contributed by atoms with Gasteiger partial charge in [-0.2, -0.15) is 0 Å². The molecule has 0 unspecified atom stereocenters. The molecular formula is C13H16N2O3. The topological polar surface area (TPSA) is 70.5 Å². The van der Waals surface area contributed by atoms with Crippen LogP contribution in [-0.4, -0.2) is 32.9 Å². The molecule has 1 saturated heterocycles. The SMILES string of the molecule is CC(C)N1C(=O)C[C@@H](C(=O)O)[C@H]1c1ccccn1. The van der Waals surface area contributed by atoms with E-state index < -0.39 is 17.9 Å². The number of carboxylic acid groups (broad SMARTS) is 1. The number of carbonyl (C=O) groups excluding carboxylic acids is 1. The molecule has 1 aliphatic rings. The van der Waals surface area contributed by atoms with Gasteiger partial charge in [0, 0.05) is 18.7 Å². The smallest absolute Gasteiger partial charge is 0.309 e. The lowest BCUT2D eigenvalue weighted by molar-refractivity contribution is -0.142. The molecule has 1 aliphatic heterocycles. The molecule has 1 fully saturated rings. The minimum Gasteiger partial charge on any atom is -0.481 e. The zero-order valence-corrected chi connectivity index (χ0v) is 10.4. The van der Waals surface area contributed by atoms with Gasteiger partial charge >= 0.3 is 5.97 Å². The van der Waals surface area contributed by atoms with Crippen molar-refractivity contribution in [3.05, 3.63) is 30.1 Å². The van der Waals surface area contributed by atoms with Crippen LogP contribution in [0, 0.1) is 5.92 Å². The monoisotopic (exact) mass is 248 g/mol. The van der Waals surface area contributed by atoms with Crippen LogP contribution in [0.2, 0.25) is 0 Å². The van der Waals surface area contributed by atoms with Crippen LogP contribution in [0.25, 0.3) is 0 Å². The van der Waals surface area contributed by atoms with Crippen LogP contribution in [0.4, 0.5) is 0 Å². The normalized spacial score (nSPS) is 23.7. The molecule has 0 radical (unpaired) electrons. The van der Waals surface area contributed by atoms with Crippen molar-refractivity contribution >= 4 is 11.9 Å². The van der Waals surface area contributed by atoms with E-state index >= 15 is 0 Å². The summed E-state index contributed by atoms with van der Waals surface area (Å²) < 4.78 is 0. The van der Waals surface area contributed by atoms with Crippen LogP contribution < -0.4 is 0 Å². The Hall–Kier alpha value is -1.91. The highest BCUT2D eigenvalue weighted by atomic mass is 16.4. The van der Waals surface area contributed by atoms with Gasteiger partial charge in [0.05, 0.1) is 17.7 Å². The van der Waals surface area contributed by atoms with Crippen molar-refractivity contribution in [3.63, 3.8) is 0 Å². The number of hydrogen-bond acceptors (Lipinski definition) is 3. The lowest BCUT2D eigenvalue weighted by Gasteiger charge is -2.29. The first kappa shape index (κ1) is 12.5. The summed E-state index contributed by atoms with van der Waals surface area (Å²) in [4.78, 5) is 29.1. The van der Waals surface area contributed by atoms with Gasteiger partial charge in [0.25, 0.3) is 0 Å². The molecule has 1 aromatic rings. The fourth-order valence-corrected chi connectivity index (χ4v) is 2.49. The summed E-state index contributed by atoms with van der Waals surface area (Å²) in [5.41, 5.74) is 0.643. The highest BCUT2D eigenvalue weighted by Gasteiger charge is 2.46. The molecule has 2 atom stereocenters. The van der Waals surface area contributed by atoms with E-state index in [1.807, 2.05) is 19.9 Å². The number of carbonyl (C=O) groups is 2. The number of hydrogen-bond donors (Lipinski definition) is 1. The molecule has 0 saturated carbocycles. The molecule has 1 N–H and O–H groups in total. The van der Waals surface area contributed by atoms with Gasteiger partial charge in [-0.3, -0.25) is 14.6 Å². The first-order chi connectivity index (χ1) is 8.52. The second-order valence-corrected chi connectivity index (χ2v) is 4.74. The molecule has 0 aromatic carbocycles. The lowest BCUT2D eigenvalue weighted by Crippen LogP contribution is -2.36. The Kier molecular flexibility index (Phi) is 3.32. The average Bonchev–Trinajstić information content (AvgIpc) is 2.68. The molecule has 2 rings (SSSR count). The quantitative estimate of drug-likeness (QED) is 0.879. The second-order valence-electron chi connectivity index (χ2n) is 4.74. The molecule has 0 spiro atoms. The van der Waals surface area contributed by atoms with Gasteiger partial charge in [0.15, 0.2) is 0 Å². The Labute approximate surface area is 105 Å². The van der Waals surface area contributed by atoms with Crippen LogP contribution in [-0.2, 0) is 9.59 Å². The van der Waals surface area contributed by atoms with Crippen LogP contribution in [0.3, 0.4) is 0 Å². The van der Waals surface area contributed by atoms with E-state index in [-0.39, 0.29) is 18.4 Å². The fourth-order valence-electron chi connectivity index (χ4n) is 2.49. The number of likely N-dealkylation sites (tertiary alicyclic amines) is 1. The minimum absolute atomic E-state index is 0.0335. The summed E-state index contributed by atoms with van der Waals surface area (Å²) in [6.45, 7) is 3.77. The van der Waals surface area contributed by atoms with E-state index in [9.17, 15) is 14.7 Å². The largest absolute Gasteiger partial charge is 0.481 e. The standard InChI is InChI=1S/C13H16N2O3/c1-8(2)15-11(16)7-9(13(17)18)12(15)10-5-3-4-6-14-10/h3-6,8-9,12H,7H2,1-2H3,(H,17,18)/t9-,12+/m1/s1. The number of aliphatic carboxylic acids is 1. The summed E-state index contributed by atoms with van der Waals surface area (Å²) in [5.74, 6) is -1.77. The minimum atomic E-state index is -0.942. The molecule has 0 bridgehead atoms.